The summed E-state index contributed by atoms with van der Waals surface area (Å²) in [5, 5.41) is 11.2. The fourth-order valence-electron chi connectivity index (χ4n) is 1.93. The van der Waals surface area contributed by atoms with Gasteiger partial charge < -0.3 is 9.64 Å². The van der Waals surface area contributed by atoms with E-state index in [1.54, 1.807) is 25.2 Å². The molecule has 0 radical (unpaired) electrons. The Labute approximate surface area is 136 Å². The van der Waals surface area contributed by atoms with Crippen LogP contribution in [0.3, 0.4) is 0 Å². The molecule has 0 N–H and O–H groups in total. The molecule has 0 saturated heterocycles. The van der Waals surface area contributed by atoms with Gasteiger partial charge in [0.2, 0.25) is 0 Å². The van der Waals surface area contributed by atoms with Crippen molar-refractivity contribution in [2.24, 2.45) is 0 Å². The van der Waals surface area contributed by atoms with Gasteiger partial charge in [-0.25, -0.2) is 0 Å². The molecule has 0 saturated carbocycles. The molecular weight excluding hydrogens is 328 g/mol. The number of thiophene rings is 1. The molecule has 116 valence electrons. The first-order valence-electron chi connectivity index (χ1n) is 6.24. The van der Waals surface area contributed by atoms with Gasteiger partial charge in [0, 0.05) is 30.2 Å². The molecule has 0 aliphatic heterocycles. The molecule has 1 aromatic carbocycles. The van der Waals surface area contributed by atoms with Crippen LogP contribution in [-0.2, 0) is 6.54 Å². The van der Waals surface area contributed by atoms with Crippen molar-refractivity contribution in [2.45, 2.75) is 6.54 Å². The van der Waals surface area contributed by atoms with E-state index in [0.717, 1.165) is 16.9 Å². The van der Waals surface area contributed by atoms with Crippen LogP contribution in [0.4, 0.5) is 5.00 Å². The predicted molar refractivity (Wildman–Crippen MR) is 84.8 cm³/mol. The second-order valence-electron chi connectivity index (χ2n) is 4.51. The number of ether oxygens (including phenoxy) is 1. The summed E-state index contributed by atoms with van der Waals surface area (Å²) < 4.78 is 5.24. The first-order chi connectivity index (χ1) is 10.4. The number of rotatable bonds is 5. The quantitative estimate of drug-likeness (QED) is 0.616. The lowest BCUT2D eigenvalue weighted by Crippen LogP contribution is -2.25. The van der Waals surface area contributed by atoms with Crippen molar-refractivity contribution in [3.8, 4) is 5.75 Å². The SMILES string of the molecule is COc1ccc(Cl)cc1CN(C)C(=O)c1ccc([N+](=O)[O-])s1. The second kappa shape index (κ2) is 6.76. The Balaban J connectivity index is 2.17. The van der Waals surface area contributed by atoms with E-state index >= 15 is 0 Å². The van der Waals surface area contributed by atoms with E-state index in [0.29, 0.717) is 15.6 Å². The fourth-order valence-corrected chi connectivity index (χ4v) is 2.94. The average Bonchev–Trinajstić information content (AvgIpc) is 2.96. The molecular formula is C14H13ClN2O4S. The van der Waals surface area contributed by atoms with Crippen molar-refractivity contribution < 1.29 is 14.5 Å². The molecule has 2 aromatic rings. The third kappa shape index (κ3) is 3.55. The van der Waals surface area contributed by atoms with Crippen molar-refractivity contribution in [3.63, 3.8) is 0 Å². The molecule has 0 aliphatic rings. The smallest absolute Gasteiger partial charge is 0.324 e. The number of hydrogen-bond donors (Lipinski definition) is 0. The Hall–Kier alpha value is -2.12. The molecule has 0 bridgehead atoms. The number of nitrogens with zero attached hydrogens (tertiary/aromatic N) is 2. The molecule has 0 aliphatic carbocycles. The maximum absolute atomic E-state index is 12.3. The number of methoxy groups -OCH3 is 1. The lowest BCUT2D eigenvalue weighted by molar-refractivity contribution is -0.380. The van der Waals surface area contributed by atoms with Gasteiger partial charge in [-0.3, -0.25) is 14.9 Å². The van der Waals surface area contributed by atoms with E-state index in [-0.39, 0.29) is 17.5 Å². The van der Waals surface area contributed by atoms with E-state index in [2.05, 4.69) is 0 Å². The summed E-state index contributed by atoms with van der Waals surface area (Å²) in [6.07, 6.45) is 0. The van der Waals surface area contributed by atoms with Gasteiger partial charge in [-0.2, -0.15) is 0 Å². The largest absolute Gasteiger partial charge is 0.496 e. The number of hydrogen-bond acceptors (Lipinski definition) is 5. The van der Waals surface area contributed by atoms with E-state index in [4.69, 9.17) is 16.3 Å². The van der Waals surface area contributed by atoms with E-state index in [1.165, 1.54) is 24.1 Å². The topological polar surface area (TPSA) is 72.7 Å². The minimum absolute atomic E-state index is 0.0583. The standard InChI is InChI=1S/C14H13ClN2O4S/c1-16(8-9-7-10(15)3-4-11(9)21-2)14(18)12-5-6-13(22-12)17(19)20/h3-7H,8H2,1-2H3. The number of carbonyl (C=O) groups excluding carboxylic acids is 1. The van der Waals surface area contributed by atoms with E-state index in [9.17, 15) is 14.9 Å². The number of nitro groups is 1. The van der Waals surface area contributed by atoms with Crippen LogP contribution in [0, 0.1) is 10.1 Å². The second-order valence-corrected chi connectivity index (χ2v) is 6.01. The summed E-state index contributed by atoms with van der Waals surface area (Å²) in [6.45, 7) is 0.286. The Morgan fingerprint density at radius 1 is 1.41 bits per heavy atom. The molecule has 2 rings (SSSR count). The third-order valence-corrected chi connectivity index (χ3v) is 4.24. The Kier molecular flexibility index (Phi) is 4.99. The highest BCUT2D eigenvalue weighted by Gasteiger charge is 2.19. The Morgan fingerprint density at radius 2 is 2.14 bits per heavy atom. The van der Waals surface area contributed by atoms with Gasteiger partial charge in [-0.15, -0.1) is 0 Å². The zero-order valence-electron chi connectivity index (χ0n) is 11.9. The maximum atomic E-state index is 12.3. The summed E-state index contributed by atoms with van der Waals surface area (Å²) in [4.78, 5) is 24.3. The van der Waals surface area contributed by atoms with Gasteiger partial charge in [0.25, 0.3) is 5.91 Å². The molecule has 8 heteroatoms. The zero-order chi connectivity index (χ0) is 16.3. The van der Waals surface area contributed by atoms with E-state index in [1.807, 2.05) is 0 Å². The van der Waals surface area contributed by atoms with Crippen molar-refractivity contribution in [1.29, 1.82) is 0 Å². The van der Waals surface area contributed by atoms with Gasteiger partial charge in [0.05, 0.1) is 16.9 Å². The molecule has 1 aromatic heterocycles. The van der Waals surface area contributed by atoms with Crippen LogP contribution < -0.4 is 4.74 Å². The minimum Gasteiger partial charge on any atom is -0.496 e. The number of halogens is 1. The van der Waals surface area contributed by atoms with Gasteiger partial charge in [0.15, 0.2) is 0 Å². The molecule has 22 heavy (non-hydrogen) atoms. The fraction of sp³-hybridized carbons (Fsp3) is 0.214. The molecule has 6 nitrogen and oxygen atoms in total. The van der Waals surface area contributed by atoms with Crippen molar-refractivity contribution >= 4 is 33.8 Å². The molecule has 1 heterocycles. The summed E-state index contributed by atoms with van der Waals surface area (Å²) in [5.74, 6) is 0.335. The lowest BCUT2D eigenvalue weighted by atomic mass is 10.2. The number of benzene rings is 1. The summed E-state index contributed by atoms with van der Waals surface area (Å²) in [7, 11) is 3.16. The first kappa shape index (κ1) is 16.3. The van der Waals surface area contributed by atoms with Crippen molar-refractivity contribution in [1.82, 2.24) is 4.90 Å². The minimum atomic E-state index is -0.512. The van der Waals surface area contributed by atoms with Gasteiger partial charge in [-0.05, 0) is 24.3 Å². The van der Waals surface area contributed by atoms with Gasteiger partial charge in [-0.1, -0.05) is 22.9 Å². The first-order valence-corrected chi connectivity index (χ1v) is 7.44. The van der Waals surface area contributed by atoms with Crippen LogP contribution in [0.2, 0.25) is 5.02 Å². The highest BCUT2D eigenvalue weighted by atomic mass is 35.5. The summed E-state index contributed by atoms with van der Waals surface area (Å²) in [6, 6.07) is 7.93. The molecule has 1 amide bonds. The summed E-state index contributed by atoms with van der Waals surface area (Å²) in [5.41, 5.74) is 0.761. The monoisotopic (exact) mass is 340 g/mol. The molecule has 0 atom stereocenters. The molecule has 0 unspecified atom stereocenters. The van der Waals surface area contributed by atoms with E-state index < -0.39 is 4.92 Å². The maximum Gasteiger partial charge on any atom is 0.324 e. The van der Waals surface area contributed by atoms with Crippen LogP contribution in [0.15, 0.2) is 30.3 Å². The predicted octanol–water partition coefficient (Wildman–Crippen LogP) is 3.59. The Bertz CT molecular complexity index is 717. The van der Waals surface area contributed by atoms with Crippen LogP contribution in [0.25, 0.3) is 0 Å². The molecule has 0 spiro atoms. The highest BCUT2D eigenvalue weighted by molar-refractivity contribution is 7.17. The van der Waals surface area contributed by atoms with Gasteiger partial charge in [0.1, 0.15) is 5.75 Å². The Morgan fingerprint density at radius 3 is 2.73 bits per heavy atom. The summed E-state index contributed by atoms with van der Waals surface area (Å²) >= 11 is 6.81. The van der Waals surface area contributed by atoms with Crippen LogP contribution in [0.5, 0.6) is 5.75 Å². The van der Waals surface area contributed by atoms with Crippen molar-refractivity contribution in [3.05, 3.63) is 55.9 Å². The van der Waals surface area contributed by atoms with Crippen molar-refractivity contribution in [2.75, 3.05) is 14.2 Å². The number of amides is 1. The van der Waals surface area contributed by atoms with Gasteiger partial charge >= 0.3 is 5.00 Å². The number of carbonyl (C=O) groups is 1. The normalized spacial score (nSPS) is 10.3. The van der Waals surface area contributed by atoms with Crippen LogP contribution >= 0.6 is 22.9 Å². The zero-order valence-corrected chi connectivity index (χ0v) is 13.5. The lowest BCUT2D eigenvalue weighted by Gasteiger charge is -2.18. The van der Waals surface area contributed by atoms with Crippen LogP contribution in [-0.4, -0.2) is 29.9 Å². The third-order valence-electron chi connectivity index (χ3n) is 2.98. The average molecular weight is 341 g/mol. The molecule has 0 fully saturated rings. The van der Waals surface area contributed by atoms with Crippen LogP contribution in [0.1, 0.15) is 15.2 Å². The highest BCUT2D eigenvalue weighted by Crippen LogP contribution is 2.27.